The summed E-state index contributed by atoms with van der Waals surface area (Å²) in [7, 11) is -3.93. The molecule has 4 aromatic rings. The van der Waals surface area contributed by atoms with E-state index in [2.05, 4.69) is 20.1 Å². The summed E-state index contributed by atoms with van der Waals surface area (Å²) in [4.78, 5) is 12.5. The lowest BCUT2D eigenvalue weighted by atomic mass is 10.1. The molecule has 1 aromatic carbocycles. The van der Waals surface area contributed by atoms with Crippen molar-refractivity contribution >= 4 is 15.8 Å². The number of nitrogens with zero attached hydrogens (tertiary/aromatic N) is 4. The topological polar surface area (TPSA) is 133 Å². The number of nitrogens with one attached hydrogen (secondary N) is 1. The Morgan fingerprint density at radius 3 is 2.39 bits per heavy atom. The largest absolute Gasteiger partial charge is 0.360 e. The number of rotatable bonds is 5. The highest BCUT2D eigenvalue weighted by molar-refractivity contribution is 7.92. The van der Waals surface area contributed by atoms with E-state index in [1.54, 1.807) is 39.8 Å². The maximum Gasteiger partial charge on any atom is 0.271 e. The molecule has 4 rings (SSSR count). The van der Waals surface area contributed by atoms with Crippen LogP contribution in [0.5, 0.6) is 0 Å². The quantitative estimate of drug-likeness (QED) is 0.500. The first kappa shape index (κ1) is 20.5. The predicted molar refractivity (Wildman–Crippen MR) is 112 cm³/mol. The highest BCUT2D eigenvalue weighted by Gasteiger charge is 2.21. The minimum Gasteiger partial charge on any atom is -0.360 e. The molecule has 0 saturated carbocycles. The third-order valence-corrected chi connectivity index (χ3v) is 6.14. The summed E-state index contributed by atoms with van der Waals surface area (Å²) in [6, 6.07) is 9.28. The van der Waals surface area contributed by atoms with Crippen LogP contribution in [0.1, 0.15) is 22.8 Å². The fourth-order valence-electron chi connectivity index (χ4n) is 3.16. The number of benzene rings is 1. The van der Waals surface area contributed by atoms with Gasteiger partial charge in [-0.2, -0.15) is 9.78 Å². The van der Waals surface area contributed by atoms with Crippen LogP contribution in [-0.4, -0.2) is 28.5 Å². The average Bonchev–Trinajstić information content (AvgIpc) is 3.26. The van der Waals surface area contributed by atoms with E-state index < -0.39 is 10.0 Å². The molecule has 0 radical (unpaired) electrons. The van der Waals surface area contributed by atoms with Gasteiger partial charge in [-0.05, 0) is 45.4 Å². The van der Waals surface area contributed by atoms with E-state index in [4.69, 9.17) is 9.05 Å². The van der Waals surface area contributed by atoms with Gasteiger partial charge in [0.2, 0.25) is 0 Å². The van der Waals surface area contributed by atoms with Crippen molar-refractivity contribution < 1.29 is 17.5 Å². The van der Waals surface area contributed by atoms with Gasteiger partial charge in [-0.25, -0.2) is 8.42 Å². The van der Waals surface area contributed by atoms with Gasteiger partial charge in [0.15, 0.2) is 11.6 Å². The lowest BCUT2D eigenvalue weighted by molar-refractivity contribution is 0.392. The van der Waals surface area contributed by atoms with E-state index in [1.165, 1.54) is 28.9 Å². The van der Waals surface area contributed by atoms with Gasteiger partial charge in [0.1, 0.15) is 17.1 Å². The Kier molecular flexibility index (Phi) is 4.97. The minimum absolute atomic E-state index is 0.0579. The van der Waals surface area contributed by atoms with Crippen molar-refractivity contribution in [2.45, 2.75) is 32.6 Å². The number of anilines is 1. The Bertz CT molecular complexity index is 1430. The second kappa shape index (κ2) is 7.51. The molecule has 0 unspecified atom stereocenters. The number of aryl methyl sites for hydroxylation is 4. The van der Waals surface area contributed by atoms with Crippen molar-refractivity contribution in [3.8, 4) is 16.9 Å². The number of hydrogen-bond acceptors (Lipinski definition) is 8. The van der Waals surface area contributed by atoms with E-state index in [1.807, 2.05) is 0 Å². The van der Waals surface area contributed by atoms with E-state index in [0.29, 0.717) is 39.7 Å². The fraction of sp³-hybridized carbons (Fsp3) is 0.200. The highest BCUT2D eigenvalue weighted by Crippen LogP contribution is 2.26. The van der Waals surface area contributed by atoms with Crippen LogP contribution in [0.4, 0.5) is 5.82 Å². The van der Waals surface area contributed by atoms with E-state index in [9.17, 15) is 13.2 Å². The predicted octanol–water partition coefficient (Wildman–Crippen LogP) is 2.91. The zero-order chi connectivity index (χ0) is 22.3. The zero-order valence-electron chi connectivity index (χ0n) is 17.2. The molecule has 0 saturated heterocycles. The molecule has 0 fully saturated rings. The lowest BCUT2D eigenvalue weighted by Crippen LogP contribution is -2.21. The second-order valence-electron chi connectivity index (χ2n) is 7.05. The number of hydrogen-bond donors (Lipinski definition) is 1. The minimum atomic E-state index is -3.93. The van der Waals surface area contributed by atoms with Crippen LogP contribution < -0.4 is 10.3 Å². The first-order valence-electron chi connectivity index (χ1n) is 9.26. The van der Waals surface area contributed by atoms with Crippen molar-refractivity contribution in [1.82, 2.24) is 20.1 Å². The van der Waals surface area contributed by atoms with Crippen LogP contribution in [0.2, 0.25) is 0 Å². The SMILES string of the molecule is Cc1cc(NS(=O)(=O)c2cc(-c3ccc(=O)n(-c4c(C)noc4C)n3)ccc2C)no1. The molecule has 3 aromatic heterocycles. The fourth-order valence-corrected chi connectivity index (χ4v) is 4.42. The average molecular weight is 441 g/mol. The van der Waals surface area contributed by atoms with Crippen LogP contribution in [0, 0.1) is 27.7 Å². The molecular weight excluding hydrogens is 422 g/mol. The molecule has 0 aliphatic heterocycles. The van der Waals surface area contributed by atoms with Crippen LogP contribution in [0.3, 0.4) is 0 Å². The molecule has 160 valence electrons. The Balaban J connectivity index is 1.79. The molecule has 1 N–H and O–H groups in total. The smallest absolute Gasteiger partial charge is 0.271 e. The molecule has 0 atom stereocenters. The van der Waals surface area contributed by atoms with Gasteiger partial charge < -0.3 is 9.05 Å². The summed E-state index contributed by atoms with van der Waals surface area (Å²) in [6.45, 7) is 6.74. The summed E-state index contributed by atoms with van der Waals surface area (Å²) >= 11 is 0. The van der Waals surface area contributed by atoms with Gasteiger partial charge in [-0.3, -0.25) is 9.52 Å². The van der Waals surface area contributed by atoms with Gasteiger partial charge in [0.05, 0.1) is 10.6 Å². The van der Waals surface area contributed by atoms with Gasteiger partial charge in [0, 0.05) is 17.7 Å². The summed E-state index contributed by atoms with van der Waals surface area (Å²) in [6.07, 6.45) is 0. The maximum absolute atomic E-state index is 12.9. The molecule has 31 heavy (non-hydrogen) atoms. The van der Waals surface area contributed by atoms with E-state index >= 15 is 0 Å². The van der Waals surface area contributed by atoms with Crippen molar-refractivity contribution in [1.29, 1.82) is 0 Å². The van der Waals surface area contributed by atoms with Gasteiger partial charge in [-0.1, -0.05) is 22.4 Å². The monoisotopic (exact) mass is 441 g/mol. The maximum atomic E-state index is 12.9. The normalized spacial score (nSPS) is 11.6. The third kappa shape index (κ3) is 3.87. The molecule has 0 bridgehead atoms. The van der Waals surface area contributed by atoms with E-state index in [-0.39, 0.29) is 16.3 Å². The highest BCUT2D eigenvalue weighted by atomic mass is 32.2. The molecular formula is C20H19N5O5S. The molecule has 0 amide bonds. The van der Waals surface area contributed by atoms with Crippen LogP contribution in [0.25, 0.3) is 16.9 Å². The number of aromatic nitrogens is 4. The Morgan fingerprint density at radius 1 is 0.968 bits per heavy atom. The first-order chi connectivity index (χ1) is 14.7. The summed E-state index contributed by atoms with van der Waals surface area (Å²) in [5.41, 5.74) is 2.08. The molecule has 0 aliphatic carbocycles. The molecule has 11 heteroatoms. The summed E-state index contributed by atoms with van der Waals surface area (Å²) in [5.74, 6) is 1.02. The van der Waals surface area contributed by atoms with Crippen LogP contribution in [0.15, 0.2) is 55.1 Å². The first-order valence-corrected chi connectivity index (χ1v) is 10.7. The summed E-state index contributed by atoms with van der Waals surface area (Å²) in [5, 5.41) is 11.9. The van der Waals surface area contributed by atoms with Gasteiger partial charge in [0.25, 0.3) is 15.6 Å². The molecule has 3 heterocycles. The second-order valence-corrected chi connectivity index (χ2v) is 8.70. The lowest BCUT2D eigenvalue weighted by Gasteiger charge is -2.11. The Labute approximate surface area is 177 Å². The van der Waals surface area contributed by atoms with Crippen molar-refractivity contribution in [2.24, 2.45) is 0 Å². The number of sulfonamides is 1. The van der Waals surface area contributed by atoms with E-state index in [0.717, 1.165) is 0 Å². The Hall–Kier alpha value is -3.73. The van der Waals surface area contributed by atoms with Crippen LogP contribution >= 0.6 is 0 Å². The van der Waals surface area contributed by atoms with Crippen molar-refractivity contribution in [2.75, 3.05) is 4.72 Å². The molecule has 0 spiro atoms. The zero-order valence-corrected chi connectivity index (χ0v) is 18.0. The Morgan fingerprint density at radius 2 is 1.74 bits per heavy atom. The van der Waals surface area contributed by atoms with Gasteiger partial charge in [-0.15, -0.1) is 0 Å². The van der Waals surface area contributed by atoms with Gasteiger partial charge >= 0.3 is 0 Å². The third-order valence-electron chi connectivity index (χ3n) is 4.65. The van der Waals surface area contributed by atoms with Crippen molar-refractivity contribution in [3.05, 3.63) is 69.5 Å². The summed E-state index contributed by atoms with van der Waals surface area (Å²) < 4.78 is 39.5. The standard InChI is InChI=1S/C20H19N5O5S/c1-11-5-6-15(10-17(11)31(27,28)24-18-9-12(2)29-23-18)16-7-8-19(26)25(21-16)20-13(3)22-30-14(20)4/h5-10H,1-4H3,(H,23,24). The van der Waals surface area contributed by atoms with Crippen LogP contribution in [-0.2, 0) is 10.0 Å². The molecule has 10 nitrogen and oxygen atoms in total. The molecule has 0 aliphatic rings. The van der Waals surface area contributed by atoms with Crippen molar-refractivity contribution in [3.63, 3.8) is 0 Å².